The van der Waals surface area contributed by atoms with Gasteiger partial charge in [-0.3, -0.25) is 10.1 Å². The van der Waals surface area contributed by atoms with Crippen LogP contribution in [0.4, 0.5) is 5.69 Å². The molecule has 2 heterocycles. The summed E-state index contributed by atoms with van der Waals surface area (Å²) in [6.45, 7) is 2.91. The van der Waals surface area contributed by atoms with Crippen LogP contribution >= 0.6 is 0 Å². The number of hydrogen-bond acceptors (Lipinski definition) is 6. The van der Waals surface area contributed by atoms with Crippen LogP contribution in [0.15, 0.2) is 36.9 Å². The summed E-state index contributed by atoms with van der Waals surface area (Å²) >= 11 is 0. The summed E-state index contributed by atoms with van der Waals surface area (Å²) in [6.07, 6.45) is 4.92. The monoisotopic (exact) mass is 318 g/mol. The number of ether oxygens (including phenoxy) is 2. The van der Waals surface area contributed by atoms with E-state index in [0.717, 1.165) is 18.4 Å². The molecule has 1 saturated heterocycles. The summed E-state index contributed by atoms with van der Waals surface area (Å²) in [6, 6.07) is 6.25. The summed E-state index contributed by atoms with van der Waals surface area (Å²) in [5.41, 5.74) is 0.768. The maximum absolute atomic E-state index is 10.8. The Bertz CT molecular complexity index is 659. The fourth-order valence-electron chi connectivity index (χ4n) is 2.72. The molecule has 1 aliphatic rings. The van der Waals surface area contributed by atoms with Crippen molar-refractivity contribution < 1.29 is 14.4 Å². The largest absolute Gasteiger partial charge is 0.342 e. The van der Waals surface area contributed by atoms with E-state index in [1.807, 2.05) is 0 Å². The maximum atomic E-state index is 10.8. The first-order valence-corrected chi connectivity index (χ1v) is 7.52. The van der Waals surface area contributed by atoms with Gasteiger partial charge in [-0.25, -0.2) is 9.67 Å². The summed E-state index contributed by atoms with van der Waals surface area (Å²) < 4.78 is 13.8. The Morgan fingerprint density at radius 3 is 2.83 bits per heavy atom. The van der Waals surface area contributed by atoms with Gasteiger partial charge < -0.3 is 9.47 Å². The molecular formula is C15H18N4O4. The fourth-order valence-corrected chi connectivity index (χ4v) is 2.72. The Labute approximate surface area is 133 Å². The Morgan fingerprint density at radius 2 is 2.22 bits per heavy atom. The Morgan fingerprint density at radius 1 is 1.43 bits per heavy atom. The highest BCUT2D eigenvalue weighted by atomic mass is 16.7. The molecule has 8 nitrogen and oxygen atoms in total. The molecule has 23 heavy (non-hydrogen) atoms. The number of aromatic nitrogens is 3. The van der Waals surface area contributed by atoms with Crippen molar-refractivity contribution in [1.29, 1.82) is 0 Å². The lowest BCUT2D eigenvalue weighted by Crippen LogP contribution is -2.34. The molecule has 2 aromatic rings. The molecule has 1 fully saturated rings. The van der Waals surface area contributed by atoms with E-state index in [1.165, 1.54) is 18.5 Å². The second-order valence-corrected chi connectivity index (χ2v) is 5.49. The molecule has 122 valence electrons. The smallest absolute Gasteiger partial charge is 0.269 e. The molecule has 1 aromatic carbocycles. The quantitative estimate of drug-likeness (QED) is 0.599. The lowest BCUT2D eigenvalue weighted by atomic mass is 10.1. The molecule has 0 amide bonds. The average molecular weight is 318 g/mol. The highest BCUT2D eigenvalue weighted by Gasteiger charge is 2.43. The lowest BCUT2D eigenvalue weighted by Gasteiger charge is -2.28. The van der Waals surface area contributed by atoms with E-state index >= 15 is 0 Å². The first-order valence-electron chi connectivity index (χ1n) is 7.52. The molecule has 1 aliphatic heterocycles. The normalized spacial score (nSPS) is 24.0. The molecule has 8 heteroatoms. The van der Waals surface area contributed by atoms with Gasteiger partial charge in [-0.05, 0) is 18.6 Å². The van der Waals surface area contributed by atoms with Crippen LogP contribution in [0.3, 0.4) is 0 Å². The minimum absolute atomic E-state index is 0.00119. The predicted molar refractivity (Wildman–Crippen MR) is 80.5 cm³/mol. The Balaban J connectivity index is 1.90. The van der Waals surface area contributed by atoms with Crippen molar-refractivity contribution in [3.63, 3.8) is 0 Å². The van der Waals surface area contributed by atoms with E-state index in [1.54, 1.807) is 23.1 Å². The van der Waals surface area contributed by atoms with E-state index in [-0.39, 0.29) is 11.8 Å². The first kappa shape index (κ1) is 15.6. The molecule has 0 N–H and O–H groups in total. The summed E-state index contributed by atoms with van der Waals surface area (Å²) in [7, 11) is 0. The van der Waals surface area contributed by atoms with Crippen LogP contribution in [-0.4, -0.2) is 32.4 Å². The van der Waals surface area contributed by atoms with Gasteiger partial charge in [-0.2, -0.15) is 5.10 Å². The van der Waals surface area contributed by atoms with E-state index < -0.39 is 10.7 Å². The number of nitrogens with zero attached hydrogens (tertiary/aromatic N) is 4. The summed E-state index contributed by atoms with van der Waals surface area (Å²) in [5.74, 6) is -0.997. The van der Waals surface area contributed by atoms with E-state index in [2.05, 4.69) is 17.0 Å². The van der Waals surface area contributed by atoms with Crippen LogP contribution < -0.4 is 0 Å². The van der Waals surface area contributed by atoms with Crippen LogP contribution in [0.5, 0.6) is 0 Å². The van der Waals surface area contributed by atoms with Crippen molar-refractivity contribution >= 4 is 5.69 Å². The van der Waals surface area contributed by atoms with Crippen molar-refractivity contribution in [3.8, 4) is 0 Å². The van der Waals surface area contributed by atoms with Crippen molar-refractivity contribution in [2.45, 2.75) is 38.2 Å². The van der Waals surface area contributed by atoms with Crippen LogP contribution in [0.2, 0.25) is 0 Å². The number of hydrogen-bond donors (Lipinski definition) is 0. The molecule has 3 rings (SSSR count). The molecular weight excluding hydrogens is 300 g/mol. The number of non-ortho nitro benzene ring substituents is 1. The number of nitro groups is 1. The molecule has 0 radical (unpaired) electrons. The Hall–Kier alpha value is -2.32. The maximum Gasteiger partial charge on any atom is 0.269 e. The van der Waals surface area contributed by atoms with E-state index in [0.29, 0.717) is 13.2 Å². The van der Waals surface area contributed by atoms with E-state index in [4.69, 9.17) is 9.47 Å². The Kier molecular flexibility index (Phi) is 4.35. The van der Waals surface area contributed by atoms with Crippen LogP contribution in [0.25, 0.3) is 0 Å². The summed E-state index contributed by atoms with van der Waals surface area (Å²) in [4.78, 5) is 14.3. The van der Waals surface area contributed by atoms with Crippen molar-refractivity contribution in [1.82, 2.24) is 14.8 Å². The highest BCUT2D eigenvalue weighted by Crippen LogP contribution is 2.37. The molecule has 0 aliphatic carbocycles. The molecule has 0 saturated carbocycles. The van der Waals surface area contributed by atoms with Gasteiger partial charge in [0.2, 0.25) is 5.79 Å². The zero-order valence-electron chi connectivity index (χ0n) is 12.8. The van der Waals surface area contributed by atoms with Crippen LogP contribution in [0, 0.1) is 10.1 Å². The SMILES string of the molecule is CCCC1COC(Cn2cncn2)(c2ccc([N+](=O)[O-])cc2)O1. The number of nitro benzene ring substituents is 1. The zero-order valence-corrected chi connectivity index (χ0v) is 12.8. The molecule has 2 unspecified atom stereocenters. The molecule has 2 atom stereocenters. The third-order valence-corrected chi connectivity index (χ3v) is 3.82. The van der Waals surface area contributed by atoms with Gasteiger partial charge in [0.25, 0.3) is 5.69 Å². The van der Waals surface area contributed by atoms with Gasteiger partial charge in [0.05, 0.1) is 17.6 Å². The van der Waals surface area contributed by atoms with Gasteiger partial charge in [0.1, 0.15) is 19.2 Å². The minimum atomic E-state index is -0.997. The van der Waals surface area contributed by atoms with Gasteiger partial charge in [0, 0.05) is 17.7 Å². The minimum Gasteiger partial charge on any atom is -0.342 e. The first-order chi connectivity index (χ1) is 11.1. The van der Waals surface area contributed by atoms with Gasteiger partial charge in [0.15, 0.2) is 0 Å². The average Bonchev–Trinajstić information content (AvgIpc) is 3.19. The van der Waals surface area contributed by atoms with Gasteiger partial charge in [-0.15, -0.1) is 0 Å². The van der Waals surface area contributed by atoms with Gasteiger partial charge >= 0.3 is 0 Å². The summed E-state index contributed by atoms with van der Waals surface area (Å²) in [5, 5.41) is 14.9. The van der Waals surface area contributed by atoms with Crippen molar-refractivity contribution in [2.24, 2.45) is 0 Å². The number of benzene rings is 1. The predicted octanol–water partition coefficient (Wildman–Crippen LogP) is 2.25. The van der Waals surface area contributed by atoms with E-state index in [9.17, 15) is 10.1 Å². The third-order valence-electron chi connectivity index (χ3n) is 3.82. The second-order valence-electron chi connectivity index (χ2n) is 5.49. The third kappa shape index (κ3) is 3.22. The highest BCUT2D eigenvalue weighted by molar-refractivity contribution is 5.35. The van der Waals surface area contributed by atoms with Crippen molar-refractivity contribution in [3.05, 3.63) is 52.6 Å². The van der Waals surface area contributed by atoms with Crippen LogP contribution in [0.1, 0.15) is 25.3 Å². The standard InChI is InChI=1S/C15H18N4O4/c1-2-3-14-8-22-15(23-14,9-18-11-16-10-17-18)12-4-6-13(7-5-12)19(20)21/h4-7,10-11,14H,2-3,8-9H2,1H3. The van der Waals surface area contributed by atoms with Gasteiger partial charge in [-0.1, -0.05) is 13.3 Å². The number of rotatable bonds is 6. The molecule has 0 bridgehead atoms. The van der Waals surface area contributed by atoms with Crippen molar-refractivity contribution in [2.75, 3.05) is 6.61 Å². The zero-order chi connectivity index (χ0) is 16.3. The lowest BCUT2D eigenvalue weighted by molar-refractivity contribution is -0.384. The topological polar surface area (TPSA) is 92.3 Å². The molecule has 0 spiro atoms. The second kappa shape index (κ2) is 6.43. The fraction of sp³-hybridized carbons (Fsp3) is 0.467. The van der Waals surface area contributed by atoms with Crippen LogP contribution in [-0.2, 0) is 21.8 Å². The molecule has 1 aromatic heterocycles.